The Labute approximate surface area is 141 Å². The summed E-state index contributed by atoms with van der Waals surface area (Å²) >= 11 is 0. The largest absolute Gasteiger partial charge is 0.451 e. The van der Waals surface area contributed by atoms with Crippen LogP contribution in [0.2, 0.25) is 0 Å². The van der Waals surface area contributed by atoms with E-state index < -0.39 is 17.6 Å². The number of halogens is 3. The van der Waals surface area contributed by atoms with E-state index in [1.54, 1.807) is 43.3 Å². The second-order valence-electron chi connectivity index (χ2n) is 5.72. The van der Waals surface area contributed by atoms with E-state index in [9.17, 15) is 18.0 Å². The fourth-order valence-corrected chi connectivity index (χ4v) is 2.43. The van der Waals surface area contributed by atoms with E-state index in [4.69, 9.17) is 4.42 Å². The molecule has 25 heavy (non-hydrogen) atoms. The van der Waals surface area contributed by atoms with E-state index in [-0.39, 0.29) is 11.4 Å². The molecule has 0 spiro atoms. The summed E-state index contributed by atoms with van der Waals surface area (Å²) in [4.78, 5) is 13.9. The molecule has 0 radical (unpaired) electrons. The number of furan rings is 1. The van der Waals surface area contributed by atoms with Gasteiger partial charge < -0.3 is 14.6 Å². The third kappa shape index (κ3) is 3.45. The van der Waals surface area contributed by atoms with E-state index >= 15 is 0 Å². The topological polar surface area (TPSA) is 45.5 Å². The van der Waals surface area contributed by atoms with Crippen LogP contribution in [-0.2, 0) is 6.18 Å². The number of rotatable bonds is 3. The molecule has 0 atom stereocenters. The van der Waals surface area contributed by atoms with Crippen molar-refractivity contribution in [2.45, 2.75) is 6.18 Å². The van der Waals surface area contributed by atoms with Crippen molar-refractivity contribution in [2.75, 3.05) is 24.3 Å². The molecule has 1 aromatic heterocycles. The molecule has 130 valence electrons. The van der Waals surface area contributed by atoms with Crippen molar-refractivity contribution in [1.82, 2.24) is 0 Å². The average Bonchev–Trinajstić information content (AvgIpc) is 2.98. The summed E-state index contributed by atoms with van der Waals surface area (Å²) in [5, 5.41) is 2.99. The Morgan fingerprint density at radius 2 is 1.80 bits per heavy atom. The van der Waals surface area contributed by atoms with Crippen molar-refractivity contribution in [2.24, 2.45) is 0 Å². The predicted molar refractivity (Wildman–Crippen MR) is 89.9 cm³/mol. The number of amides is 1. The summed E-state index contributed by atoms with van der Waals surface area (Å²) < 4.78 is 45.3. The lowest BCUT2D eigenvalue weighted by atomic mass is 10.1. The third-order valence-electron chi connectivity index (χ3n) is 3.72. The summed E-state index contributed by atoms with van der Waals surface area (Å²) in [5.74, 6) is -0.787. The first-order valence-corrected chi connectivity index (χ1v) is 7.44. The van der Waals surface area contributed by atoms with Crippen molar-refractivity contribution in [1.29, 1.82) is 0 Å². The molecular weight excluding hydrogens is 333 g/mol. The Morgan fingerprint density at radius 1 is 1.08 bits per heavy atom. The first kappa shape index (κ1) is 16.9. The van der Waals surface area contributed by atoms with Crippen molar-refractivity contribution in [3.63, 3.8) is 0 Å². The number of nitrogens with zero attached hydrogens (tertiary/aromatic N) is 1. The number of alkyl halides is 3. The lowest BCUT2D eigenvalue weighted by molar-refractivity contribution is -0.136. The Morgan fingerprint density at radius 3 is 2.44 bits per heavy atom. The van der Waals surface area contributed by atoms with Gasteiger partial charge in [0.1, 0.15) is 5.58 Å². The number of hydrogen-bond acceptors (Lipinski definition) is 3. The lowest BCUT2D eigenvalue weighted by Gasteiger charge is -2.18. The number of carbonyl (C=O) groups excluding carboxylic acids is 1. The SMILES string of the molecule is CN(C)c1ccc(NC(=O)c2cc3ccccc3o2)c(C(F)(F)F)c1. The van der Waals surface area contributed by atoms with E-state index in [0.29, 0.717) is 16.7 Å². The lowest BCUT2D eigenvalue weighted by Crippen LogP contribution is -2.17. The molecule has 0 bridgehead atoms. The van der Waals surface area contributed by atoms with E-state index in [2.05, 4.69) is 5.32 Å². The van der Waals surface area contributed by atoms with Crippen LogP contribution in [0.3, 0.4) is 0 Å². The zero-order valence-corrected chi connectivity index (χ0v) is 13.5. The monoisotopic (exact) mass is 348 g/mol. The molecule has 0 aliphatic heterocycles. The molecule has 3 aromatic rings. The highest BCUT2D eigenvalue weighted by Crippen LogP contribution is 2.37. The molecular formula is C18H15F3N2O2. The van der Waals surface area contributed by atoms with Gasteiger partial charge in [-0.2, -0.15) is 13.2 Å². The summed E-state index contributed by atoms with van der Waals surface area (Å²) in [7, 11) is 3.28. The molecule has 1 heterocycles. The fourth-order valence-electron chi connectivity index (χ4n) is 2.43. The van der Waals surface area contributed by atoms with Gasteiger partial charge in [0.15, 0.2) is 5.76 Å². The Kier molecular flexibility index (Phi) is 4.16. The Balaban J connectivity index is 1.95. The van der Waals surface area contributed by atoms with Crippen LogP contribution in [0.1, 0.15) is 16.1 Å². The molecule has 1 amide bonds. The molecule has 3 rings (SSSR count). The van der Waals surface area contributed by atoms with Crippen LogP contribution in [0, 0.1) is 0 Å². The van der Waals surface area contributed by atoms with E-state index in [1.165, 1.54) is 18.2 Å². The van der Waals surface area contributed by atoms with Crippen LogP contribution in [0.15, 0.2) is 52.9 Å². The highest BCUT2D eigenvalue weighted by molar-refractivity contribution is 6.05. The molecule has 0 aliphatic rings. The van der Waals surface area contributed by atoms with Crippen LogP contribution >= 0.6 is 0 Å². The van der Waals surface area contributed by atoms with Gasteiger partial charge in [-0.05, 0) is 30.3 Å². The zero-order chi connectivity index (χ0) is 18.2. The molecule has 7 heteroatoms. The molecule has 2 aromatic carbocycles. The Bertz CT molecular complexity index is 896. The minimum atomic E-state index is -4.59. The number of benzene rings is 2. The number of carbonyl (C=O) groups is 1. The summed E-state index contributed by atoms with van der Waals surface area (Å²) in [5.41, 5.74) is -0.354. The van der Waals surface area contributed by atoms with Crippen molar-refractivity contribution in [3.8, 4) is 0 Å². The highest BCUT2D eigenvalue weighted by Gasteiger charge is 2.34. The molecule has 0 fully saturated rings. The second-order valence-corrected chi connectivity index (χ2v) is 5.72. The van der Waals surface area contributed by atoms with Crippen molar-refractivity contribution in [3.05, 3.63) is 59.9 Å². The number of hydrogen-bond donors (Lipinski definition) is 1. The van der Waals surface area contributed by atoms with Crippen molar-refractivity contribution < 1.29 is 22.4 Å². The standard InChI is InChI=1S/C18H15F3N2O2/c1-23(2)12-7-8-14(13(10-12)18(19,20)21)22-17(24)16-9-11-5-3-4-6-15(11)25-16/h3-10H,1-2H3,(H,22,24). The van der Waals surface area contributed by atoms with Crippen molar-refractivity contribution >= 4 is 28.3 Å². The van der Waals surface area contributed by atoms with Gasteiger partial charge in [0.2, 0.25) is 0 Å². The second kappa shape index (κ2) is 6.16. The first-order chi connectivity index (χ1) is 11.8. The van der Waals surface area contributed by atoms with Gasteiger partial charge in [-0.3, -0.25) is 4.79 Å². The maximum Gasteiger partial charge on any atom is 0.418 e. The quantitative estimate of drug-likeness (QED) is 0.742. The molecule has 0 aliphatic carbocycles. The third-order valence-corrected chi connectivity index (χ3v) is 3.72. The normalized spacial score (nSPS) is 11.6. The first-order valence-electron chi connectivity index (χ1n) is 7.44. The fraction of sp³-hybridized carbons (Fsp3) is 0.167. The zero-order valence-electron chi connectivity index (χ0n) is 13.5. The Hall–Kier alpha value is -2.96. The van der Waals surface area contributed by atoms with Gasteiger partial charge in [-0.15, -0.1) is 0 Å². The summed E-state index contributed by atoms with van der Waals surface area (Å²) in [6.07, 6.45) is -4.59. The van der Waals surface area contributed by atoms with Gasteiger partial charge in [0, 0.05) is 25.2 Å². The summed E-state index contributed by atoms with van der Waals surface area (Å²) in [6, 6.07) is 12.2. The maximum absolute atomic E-state index is 13.3. The highest BCUT2D eigenvalue weighted by atomic mass is 19.4. The van der Waals surface area contributed by atoms with Crippen LogP contribution in [0.5, 0.6) is 0 Å². The number of anilines is 2. The molecule has 1 N–H and O–H groups in total. The minimum Gasteiger partial charge on any atom is -0.451 e. The molecule has 0 saturated heterocycles. The van der Waals surface area contributed by atoms with Gasteiger partial charge in [0.25, 0.3) is 5.91 Å². The number of nitrogens with one attached hydrogen (secondary N) is 1. The average molecular weight is 348 g/mol. The molecule has 0 saturated carbocycles. The van der Waals surface area contributed by atoms with Crippen LogP contribution in [0.25, 0.3) is 11.0 Å². The predicted octanol–water partition coefficient (Wildman–Crippen LogP) is 4.77. The van der Waals surface area contributed by atoms with Gasteiger partial charge in [-0.1, -0.05) is 18.2 Å². The maximum atomic E-state index is 13.3. The van der Waals surface area contributed by atoms with Gasteiger partial charge >= 0.3 is 6.18 Å². The van der Waals surface area contributed by atoms with E-state index in [0.717, 1.165) is 6.07 Å². The smallest absolute Gasteiger partial charge is 0.418 e. The molecule has 0 unspecified atom stereocenters. The summed E-state index contributed by atoms with van der Waals surface area (Å²) in [6.45, 7) is 0. The number of para-hydroxylation sites is 1. The van der Waals surface area contributed by atoms with Crippen LogP contribution in [-0.4, -0.2) is 20.0 Å². The number of fused-ring (bicyclic) bond motifs is 1. The van der Waals surface area contributed by atoms with Crippen LogP contribution in [0.4, 0.5) is 24.5 Å². The molecule has 4 nitrogen and oxygen atoms in total. The van der Waals surface area contributed by atoms with Crippen LogP contribution < -0.4 is 10.2 Å². The minimum absolute atomic E-state index is 0.0500. The van der Waals surface area contributed by atoms with E-state index in [1.807, 2.05) is 0 Å². The van der Waals surface area contributed by atoms with Gasteiger partial charge in [-0.25, -0.2) is 0 Å². The van der Waals surface area contributed by atoms with Gasteiger partial charge in [0.05, 0.1) is 11.3 Å².